The summed E-state index contributed by atoms with van der Waals surface area (Å²) < 4.78 is 5.59. The molecule has 0 unspecified atom stereocenters. The number of carbonyl (C=O) groups excluding carboxylic acids is 1. The van der Waals surface area contributed by atoms with Crippen LogP contribution < -0.4 is 4.98 Å². The average Bonchev–Trinajstić information content (AvgIpc) is 2.07. The number of rotatable bonds is 7. The number of hydrogen-bond acceptors (Lipinski definition) is 4. The fourth-order valence-electron chi connectivity index (χ4n) is 1.38. The van der Waals surface area contributed by atoms with Crippen molar-refractivity contribution in [1.82, 2.24) is 4.98 Å². The average molecular weight is 294 g/mol. The molecule has 0 saturated carbocycles. The standard InChI is InChI=1S/C11H27NO2SSi2/c1-15-9-8-10(12-16(2,3)4)11(13)14-17(5,6)7/h10,12H,8-9H2,1-7H3/t10-/m1/s1. The van der Waals surface area contributed by atoms with Crippen molar-refractivity contribution in [2.24, 2.45) is 0 Å². The maximum absolute atomic E-state index is 12.1. The second-order valence-corrected chi connectivity index (χ2v) is 16.5. The number of nitrogens with one attached hydrogen (secondary N) is 1. The van der Waals surface area contributed by atoms with Crippen LogP contribution in [-0.4, -0.2) is 40.6 Å². The van der Waals surface area contributed by atoms with Crippen LogP contribution in [0.15, 0.2) is 0 Å². The monoisotopic (exact) mass is 293 g/mol. The summed E-state index contributed by atoms with van der Waals surface area (Å²) in [5.74, 6) is 0.934. The third-order valence-electron chi connectivity index (χ3n) is 1.91. The second kappa shape index (κ2) is 6.96. The quantitative estimate of drug-likeness (QED) is 0.733. The van der Waals surface area contributed by atoms with Gasteiger partial charge in [-0.2, -0.15) is 11.8 Å². The van der Waals surface area contributed by atoms with E-state index < -0.39 is 16.6 Å². The SMILES string of the molecule is CSCC[C@@H](N[Si](C)(C)C)C(=O)O[Si](C)(C)C. The molecule has 3 nitrogen and oxygen atoms in total. The summed E-state index contributed by atoms with van der Waals surface area (Å²) in [6.45, 7) is 12.8. The van der Waals surface area contributed by atoms with Crippen LogP contribution in [0.25, 0.3) is 0 Å². The molecule has 0 heterocycles. The van der Waals surface area contributed by atoms with Crippen molar-refractivity contribution >= 4 is 34.3 Å². The maximum atomic E-state index is 12.1. The first-order valence-electron chi connectivity index (χ1n) is 6.04. The van der Waals surface area contributed by atoms with Gasteiger partial charge in [-0.05, 0) is 38.1 Å². The van der Waals surface area contributed by atoms with Crippen molar-refractivity contribution in [3.8, 4) is 0 Å². The van der Waals surface area contributed by atoms with E-state index in [2.05, 4.69) is 30.9 Å². The van der Waals surface area contributed by atoms with Gasteiger partial charge in [-0.3, -0.25) is 4.79 Å². The molecule has 1 N–H and O–H groups in total. The Labute approximate surface area is 112 Å². The molecule has 0 amide bonds. The Hall–Kier alpha value is 0.214. The van der Waals surface area contributed by atoms with Crippen LogP contribution in [0.3, 0.4) is 0 Å². The lowest BCUT2D eigenvalue weighted by atomic mass is 10.2. The first-order valence-corrected chi connectivity index (χ1v) is 14.3. The van der Waals surface area contributed by atoms with Gasteiger partial charge in [0.1, 0.15) is 8.24 Å². The first-order chi connectivity index (χ1) is 7.55. The van der Waals surface area contributed by atoms with Gasteiger partial charge in [0, 0.05) is 0 Å². The van der Waals surface area contributed by atoms with Crippen LogP contribution in [-0.2, 0) is 9.22 Å². The zero-order chi connectivity index (χ0) is 13.7. The summed E-state index contributed by atoms with van der Waals surface area (Å²) in [5.41, 5.74) is 0. The van der Waals surface area contributed by atoms with Gasteiger partial charge >= 0.3 is 5.97 Å². The van der Waals surface area contributed by atoms with Gasteiger partial charge in [-0.1, -0.05) is 19.6 Å². The van der Waals surface area contributed by atoms with E-state index in [1.807, 2.05) is 19.6 Å². The van der Waals surface area contributed by atoms with Crippen LogP contribution in [0.1, 0.15) is 6.42 Å². The molecular weight excluding hydrogens is 266 g/mol. The minimum atomic E-state index is -1.78. The molecule has 0 aromatic carbocycles. The molecule has 0 aliphatic carbocycles. The molecule has 0 spiro atoms. The highest BCUT2D eigenvalue weighted by Gasteiger charge is 2.29. The van der Waals surface area contributed by atoms with E-state index in [0.717, 1.165) is 12.2 Å². The molecule has 102 valence electrons. The van der Waals surface area contributed by atoms with Crippen LogP contribution in [0, 0.1) is 0 Å². The molecule has 0 aromatic rings. The zero-order valence-corrected chi connectivity index (χ0v) is 15.0. The van der Waals surface area contributed by atoms with Crippen molar-refractivity contribution < 1.29 is 9.22 Å². The Bertz CT molecular complexity index is 249. The zero-order valence-electron chi connectivity index (χ0n) is 12.2. The Morgan fingerprint density at radius 3 is 2.12 bits per heavy atom. The van der Waals surface area contributed by atoms with Gasteiger partial charge < -0.3 is 9.41 Å². The lowest BCUT2D eigenvalue weighted by Crippen LogP contribution is -2.53. The van der Waals surface area contributed by atoms with E-state index in [4.69, 9.17) is 4.43 Å². The molecular formula is C11H27NO2SSi2. The Kier molecular flexibility index (Phi) is 7.05. The van der Waals surface area contributed by atoms with E-state index in [-0.39, 0.29) is 12.0 Å². The fourth-order valence-corrected chi connectivity index (χ4v) is 3.91. The number of thioether (sulfide) groups is 1. The van der Waals surface area contributed by atoms with Gasteiger partial charge in [-0.25, -0.2) is 0 Å². The normalized spacial score (nSPS) is 14.5. The summed E-state index contributed by atoms with van der Waals surface area (Å²) in [4.78, 5) is 15.6. The number of hydrogen-bond donors (Lipinski definition) is 1. The number of carbonyl (C=O) groups is 1. The molecule has 0 fully saturated rings. The Balaban J connectivity index is 4.51. The van der Waals surface area contributed by atoms with Crippen molar-refractivity contribution in [1.29, 1.82) is 0 Å². The molecule has 0 aliphatic rings. The van der Waals surface area contributed by atoms with Gasteiger partial charge in [-0.15, -0.1) is 0 Å². The molecule has 0 aromatic heterocycles. The lowest BCUT2D eigenvalue weighted by molar-refractivity contribution is -0.137. The molecule has 0 rings (SSSR count). The molecule has 0 aliphatic heterocycles. The summed E-state index contributed by atoms with van der Waals surface area (Å²) in [6.07, 6.45) is 2.92. The molecule has 0 radical (unpaired) electrons. The third kappa shape index (κ3) is 9.87. The van der Waals surface area contributed by atoms with E-state index in [1.54, 1.807) is 11.8 Å². The predicted molar refractivity (Wildman–Crippen MR) is 82.7 cm³/mol. The van der Waals surface area contributed by atoms with Crippen LogP contribution >= 0.6 is 11.8 Å². The predicted octanol–water partition coefficient (Wildman–Crippen LogP) is 2.91. The molecule has 0 saturated heterocycles. The van der Waals surface area contributed by atoms with Gasteiger partial charge in [0.2, 0.25) is 8.32 Å². The van der Waals surface area contributed by atoms with E-state index in [9.17, 15) is 4.79 Å². The topological polar surface area (TPSA) is 38.3 Å². The highest BCUT2D eigenvalue weighted by atomic mass is 32.2. The first kappa shape index (κ1) is 17.2. The Morgan fingerprint density at radius 1 is 1.24 bits per heavy atom. The van der Waals surface area contributed by atoms with Crippen molar-refractivity contribution in [2.75, 3.05) is 12.0 Å². The van der Waals surface area contributed by atoms with E-state index >= 15 is 0 Å². The molecule has 0 bridgehead atoms. The highest BCUT2D eigenvalue weighted by Crippen LogP contribution is 2.11. The maximum Gasteiger partial charge on any atom is 0.309 e. The lowest BCUT2D eigenvalue weighted by Gasteiger charge is -2.28. The van der Waals surface area contributed by atoms with E-state index in [1.165, 1.54) is 0 Å². The molecule has 17 heavy (non-hydrogen) atoms. The minimum absolute atomic E-state index is 0.0550. The third-order valence-corrected chi connectivity index (χ3v) is 4.58. The highest BCUT2D eigenvalue weighted by molar-refractivity contribution is 7.98. The van der Waals surface area contributed by atoms with Crippen molar-refractivity contribution in [2.45, 2.75) is 51.7 Å². The summed E-state index contributed by atoms with van der Waals surface area (Å²) >= 11 is 1.77. The second-order valence-electron chi connectivity index (χ2n) is 6.26. The minimum Gasteiger partial charge on any atom is -0.519 e. The summed E-state index contributed by atoms with van der Waals surface area (Å²) in [5, 5.41) is 0. The van der Waals surface area contributed by atoms with Crippen LogP contribution in [0.2, 0.25) is 39.3 Å². The van der Waals surface area contributed by atoms with Gasteiger partial charge in [0.05, 0.1) is 6.04 Å². The summed E-state index contributed by atoms with van der Waals surface area (Å²) in [6, 6.07) is -0.124. The molecule has 1 atom stereocenters. The van der Waals surface area contributed by atoms with Crippen molar-refractivity contribution in [3.63, 3.8) is 0 Å². The van der Waals surface area contributed by atoms with Gasteiger partial charge in [0.25, 0.3) is 0 Å². The molecule has 6 heteroatoms. The largest absolute Gasteiger partial charge is 0.519 e. The van der Waals surface area contributed by atoms with E-state index in [0.29, 0.717) is 0 Å². The Morgan fingerprint density at radius 2 is 1.76 bits per heavy atom. The smallest absolute Gasteiger partial charge is 0.309 e. The fraction of sp³-hybridized carbons (Fsp3) is 0.909. The van der Waals surface area contributed by atoms with Crippen LogP contribution in [0.5, 0.6) is 0 Å². The van der Waals surface area contributed by atoms with Crippen molar-refractivity contribution in [3.05, 3.63) is 0 Å². The summed E-state index contributed by atoms with van der Waals surface area (Å²) in [7, 11) is -3.23. The van der Waals surface area contributed by atoms with Gasteiger partial charge in [0.15, 0.2) is 0 Å². The van der Waals surface area contributed by atoms with Crippen LogP contribution in [0.4, 0.5) is 0 Å².